The van der Waals surface area contributed by atoms with E-state index >= 15 is 0 Å². The third-order valence-electron chi connectivity index (χ3n) is 9.29. The van der Waals surface area contributed by atoms with Gasteiger partial charge in [0.1, 0.15) is 17.4 Å². The van der Waals surface area contributed by atoms with Crippen LogP contribution in [0.4, 0.5) is 5.69 Å². The SMILES string of the molecule is CCC(CC)Cc1cc(N(C)C)c2c(c1O)C(O)=C1C(=O)[C@]3(O)C(=O)[C@H](C(N)=O)C(O)[C@@H](N(C)C)[C@@H]3C[C@@H]1C2. The number of rotatable bonds is 7. The Bertz CT molecular complexity index is 1240. The van der Waals surface area contributed by atoms with Crippen LogP contribution < -0.4 is 10.6 Å². The van der Waals surface area contributed by atoms with Crippen molar-refractivity contribution in [3.8, 4) is 5.75 Å². The molecule has 10 heteroatoms. The minimum atomic E-state index is -2.65. The summed E-state index contributed by atoms with van der Waals surface area (Å²) in [6.45, 7) is 4.16. The van der Waals surface area contributed by atoms with Crippen molar-refractivity contribution in [2.75, 3.05) is 33.1 Å². The lowest BCUT2D eigenvalue weighted by Gasteiger charge is -2.53. The number of likely N-dealkylation sites (N-methyl/N-ethyl adjacent to an activating group) is 1. The lowest BCUT2D eigenvalue weighted by atomic mass is 9.54. The summed E-state index contributed by atoms with van der Waals surface area (Å²) in [7, 11) is 7.01. The molecular weight excluding hydrogens is 502 g/mol. The van der Waals surface area contributed by atoms with Crippen molar-refractivity contribution >= 4 is 28.9 Å². The van der Waals surface area contributed by atoms with Crippen molar-refractivity contribution in [1.82, 2.24) is 4.90 Å². The fraction of sp³-hybridized carbons (Fsp3) is 0.621. The summed E-state index contributed by atoms with van der Waals surface area (Å²) in [4.78, 5) is 43.2. The number of anilines is 1. The highest BCUT2D eigenvalue weighted by Crippen LogP contribution is 2.53. The van der Waals surface area contributed by atoms with E-state index in [1.807, 2.05) is 25.1 Å². The molecule has 39 heavy (non-hydrogen) atoms. The quantitative estimate of drug-likeness (QED) is 0.318. The third-order valence-corrected chi connectivity index (χ3v) is 9.29. The highest BCUT2D eigenvalue weighted by molar-refractivity contribution is 6.25. The van der Waals surface area contributed by atoms with Gasteiger partial charge in [0.15, 0.2) is 11.4 Å². The van der Waals surface area contributed by atoms with E-state index in [1.54, 1.807) is 19.0 Å². The minimum absolute atomic E-state index is 0.0985. The van der Waals surface area contributed by atoms with Gasteiger partial charge in [0, 0.05) is 37.3 Å². The average molecular weight is 544 g/mol. The molecule has 0 spiro atoms. The van der Waals surface area contributed by atoms with Gasteiger partial charge in [0.2, 0.25) is 11.7 Å². The molecule has 6 N–H and O–H groups in total. The number of phenolic OH excluding ortho intramolecular Hbond substituents is 1. The molecule has 3 aliphatic carbocycles. The standard InChI is InChI=1S/C29H41N3O7/c1-7-13(8-2)9-15-12-18(31(3)4)16-10-14-11-17-22(32(5)6)25(35)21(28(30)38)27(37)29(17,39)26(36)19(14)24(34)20(16)23(15)33/h12-14,17,21-22,25,33-35,39H,7-11H2,1-6H3,(H2,30,38)/t14-,17-,21+,22-,25?,29-/m0/s1. The van der Waals surface area contributed by atoms with Crippen LogP contribution in [0.25, 0.3) is 5.76 Å². The van der Waals surface area contributed by atoms with E-state index in [-0.39, 0.29) is 29.7 Å². The number of carbonyl (C=O) groups is 3. The van der Waals surface area contributed by atoms with Crippen molar-refractivity contribution < 1.29 is 34.8 Å². The number of fused-ring (bicyclic) bond motifs is 3. The molecule has 0 aliphatic heterocycles. The number of aliphatic hydroxyl groups excluding tert-OH is 2. The van der Waals surface area contributed by atoms with E-state index in [4.69, 9.17) is 5.73 Å². The van der Waals surface area contributed by atoms with Gasteiger partial charge in [-0.1, -0.05) is 26.7 Å². The van der Waals surface area contributed by atoms with E-state index < -0.39 is 58.7 Å². The van der Waals surface area contributed by atoms with Crippen molar-refractivity contribution in [1.29, 1.82) is 0 Å². The molecule has 4 rings (SSSR count). The second kappa shape index (κ2) is 10.2. The van der Waals surface area contributed by atoms with E-state index in [9.17, 15) is 34.8 Å². The van der Waals surface area contributed by atoms with Crippen molar-refractivity contribution in [2.45, 2.75) is 63.7 Å². The molecule has 0 radical (unpaired) electrons. The number of benzene rings is 1. The summed E-state index contributed by atoms with van der Waals surface area (Å²) in [6, 6.07) is 1.02. The van der Waals surface area contributed by atoms with Crippen LogP contribution in [0.3, 0.4) is 0 Å². The Hall–Kier alpha value is -2.95. The van der Waals surface area contributed by atoms with Crippen LogP contribution in [0, 0.1) is 23.7 Å². The van der Waals surface area contributed by atoms with Crippen LogP contribution in [0.1, 0.15) is 49.8 Å². The van der Waals surface area contributed by atoms with Crippen LogP contribution in [0.15, 0.2) is 11.6 Å². The Morgan fingerprint density at radius 3 is 2.28 bits per heavy atom. The lowest BCUT2D eigenvalue weighted by molar-refractivity contribution is -0.184. The van der Waals surface area contributed by atoms with Crippen LogP contribution in [-0.4, -0.2) is 88.7 Å². The number of carbonyl (C=O) groups excluding carboxylic acids is 3. The maximum absolute atomic E-state index is 14.0. The smallest absolute Gasteiger partial charge is 0.230 e. The number of hydrogen-bond acceptors (Lipinski definition) is 9. The molecule has 0 saturated heterocycles. The number of amides is 1. The summed E-state index contributed by atoms with van der Waals surface area (Å²) < 4.78 is 0. The van der Waals surface area contributed by atoms with Gasteiger partial charge in [0.05, 0.1) is 11.7 Å². The van der Waals surface area contributed by atoms with Crippen LogP contribution >= 0.6 is 0 Å². The molecular formula is C29H41N3O7. The van der Waals surface area contributed by atoms with Crippen LogP contribution in [-0.2, 0) is 27.2 Å². The largest absolute Gasteiger partial charge is 0.507 e. The van der Waals surface area contributed by atoms with E-state index in [2.05, 4.69) is 13.8 Å². The van der Waals surface area contributed by atoms with Gasteiger partial charge in [-0.05, 0) is 62.4 Å². The van der Waals surface area contributed by atoms with Gasteiger partial charge >= 0.3 is 0 Å². The van der Waals surface area contributed by atoms with Gasteiger partial charge in [-0.25, -0.2) is 0 Å². The molecule has 10 nitrogen and oxygen atoms in total. The Morgan fingerprint density at radius 2 is 1.77 bits per heavy atom. The van der Waals surface area contributed by atoms with Crippen molar-refractivity contribution in [3.63, 3.8) is 0 Å². The number of aromatic hydroxyl groups is 1. The first-order valence-corrected chi connectivity index (χ1v) is 13.7. The number of nitrogens with zero attached hydrogens (tertiary/aromatic N) is 2. The monoisotopic (exact) mass is 543 g/mol. The van der Waals surface area contributed by atoms with Crippen LogP contribution in [0.2, 0.25) is 0 Å². The molecule has 1 unspecified atom stereocenters. The number of primary amides is 1. The fourth-order valence-corrected chi connectivity index (χ4v) is 7.15. The lowest BCUT2D eigenvalue weighted by Crippen LogP contribution is -2.73. The molecule has 3 aliphatic rings. The molecule has 214 valence electrons. The van der Waals surface area contributed by atoms with E-state index in [0.717, 1.165) is 18.5 Å². The number of aliphatic hydroxyl groups is 3. The zero-order chi connectivity index (χ0) is 29.1. The molecule has 0 aromatic heterocycles. The summed E-state index contributed by atoms with van der Waals surface area (Å²) in [5.74, 6) is -6.93. The highest BCUT2D eigenvalue weighted by atomic mass is 16.3. The van der Waals surface area contributed by atoms with E-state index in [1.165, 1.54) is 0 Å². The summed E-state index contributed by atoms with van der Waals surface area (Å²) in [6.07, 6.45) is 1.28. The Labute approximate surface area is 229 Å². The first-order chi connectivity index (χ1) is 18.2. The summed E-state index contributed by atoms with van der Waals surface area (Å²) in [5.41, 5.74) is 4.93. The Kier molecular flexibility index (Phi) is 7.61. The molecule has 1 aromatic carbocycles. The molecule has 0 heterocycles. The Balaban J connectivity index is 1.93. The van der Waals surface area contributed by atoms with Gasteiger partial charge in [0.25, 0.3) is 0 Å². The topological polar surface area (TPSA) is 165 Å². The van der Waals surface area contributed by atoms with Gasteiger partial charge in [-0.2, -0.15) is 0 Å². The first-order valence-electron chi connectivity index (χ1n) is 13.7. The summed E-state index contributed by atoms with van der Waals surface area (Å²) >= 11 is 0. The fourth-order valence-electron chi connectivity index (χ4n) is 7.15. The second-order valence-electron chi connectivity index (χ2n) is 11.8. The maximum atomic E-state index is 14.0. The number of ketones is 2. The Morgan fingerprint density at radius 1 is 1.15 bits per heavy atom. The molecule has 1 aromatic rings. The predicted molar refractivity (Wildman–Crippen MR) is 146 cm³/mol. The maximum Gasteiger partial charge on any atom is 0.230 e. The molecule has 2 fully saturated rings. The molecule has 0 bridgehead atoms. The third kappa shape index (κ3) is 4.24. The average Bonchev–Trinajstić information content (AvgIpc) is 2.85. The molecule has 6 atom stereocenters. The number of phenols is 1. The number of hydrogen-bond donors (Lipinski definition) is 5. The second-order valence-corrected chi connectivity index (χ2v) is 11.8. The normalized spacial score (nSPS) is 30.4. The van der Waals surface area contributed by atoms with Crippen LogP contribution in [0.5, 0.6) is 5.75 Å². The van der Waals surface area contributed by atoms with Crippen molar-refractivity contribution in [2.24, 2.45) is 29.4 Å². The number of Topliss-reactive ketones (excluding diaryl/α,β-unsaturated/α-hetero) is 2. The summed E-state index contributed by atoms with van der Waals surface area (Å²) in [5, 5.41) is 45.7. The van der Waals surface area contributed by atoms with Gasteiger partial charge in [-0.3, -0.25) is 14.4 Å². The van der Waals surface area contributed by atoms with Gasteiger partial charge < -0.3 is 36.0 Å². The zero-order valence-electron chi connectivity index (χ0n) is 23.6. The highest BCUT2D eigenvalue weighted by Gasteiger charge is 2.67. The van der Waals surface area contributed by atoms with Crippen molar-refractivity contribution in [3.05, 3.63) is 28.3 Å². The minimum Gasteiger partial charge on any atom is -0.507 e. The van der Waals surface area contributed by atoms with E-state index in [0.29, 0.717) is 23.5 Å². The van der Waals surface area contributed by atoms with Gasteiger partial charge in [-0.15, -0.1) is 0 Å². The molecule has 2 saturated carbocycles. The number of nitrogens with two attached hydrogens (primary N) is 1. The molecule has 1 amide bonds. The first kappa shape index (κ1) is 29.0. The predicted octanol–water partition coefficient (Wildman–Crippen LogP) is 1.17. The zero-order valence-corrected chi connectivity index (χ0v) is 23.6.